The molecule has 8 heteroatoms. The quantitative estimate of drug-likeness (QED) is 0.783. The summed E-state index contributed by atoms with van der Waals surface area (Å²) < 4.78 is 46.7. The molecule has 0 radical (unpaired) electrons. The largest absolute Gasteiger partial charge is 0.573 e. The van der Waals surface area contributed by atoms with Crippen LogP contribution in [0, 0.1) is 13.8 Å². The molecule has 0 saturated heterocycles. The number of hydrogen-bond donors (Lipinski definition) is 0. The number of carbonyl (C=O) groups is 1. The summed E-state index contributed by atoms with van der Waals surface area (Å²) in [4.78, 5) is 12.3. The second kappa shape index (κ2) is 7.58. The Labute approximate surface area is 143 Å². The van der Waals surface area contributed by atoms with E-state index in [1.165, 1.54) is 16.8 Å². The maximum atomic E-state index is 12.3. The van der Waals surface area contributed by atoms with Gasteiger partial charge in [-0.3, -0.25) is 4.79 Å². The summed E-state index contributed by atoms with van der Waals surface area (Å²) in [6.07, 6.45) is -2.96. The van der Waals surface area contributed by atoms with Crippen molar-refractivity contribution in [2.24, 2.45) is 0 Å². The lowest BCUT2D eigenvalue weighted by molar-refractivity contribution is -0.274. The maximum Gasteiger partial charge on any atom is 0.573 e. The van der Waals surface area contributed by atoms with E-state index in [0.717, 1.165) is 41.9 Å². The fourth-order valence-corrected chi connectivity index (χ4v) is 2.47. The Bertz CT molecular complexity index is 737. The zero-order chi connectivity index (χ0) is 18.6. The molecule has 0 aliphatic heterocycles. The van der Waals surface area contributed by atoms with Gasteiger partial charge in [-0.25, -0.2) is 4.68 Å². The second-order valence-corrected chi connectivity index (χ2v) is 5.51. The van der Waals surface area contributed by atoms with Gasteiger partial charge in [-0.15, -0.1) is 13.2 Å². The number of aromatic nitrogens is 2. The molecule has 0 aliphatic rings. The van der Waals surface area contributed by atoms with Crippen molar-refractivity contribution in [2.45, 2.75) is 40.0 Å². The van der Waals surface area contributed by atoms with E-state index >= 15 is 0 Å². The number of hydrogen-bond acceptors (Lipinski definition) is 4. The molecule has 0 N–H and O–H groups in total. The number of aryl methyl sites for hydroxylation is 1. The Hall–Kier alpha value is -2.51. The SMILES string of the molecule is CCCc1c(C)nn(C(=O)COc2ccc(OC(F)(F)F)cc2)c1C. The highest BCUT2D eigenvalue weighted by Gasteiger charge is 2.31. The zero-order valence-corrected chi connectivity index (χ0v) is 14.2. The van der Waals surface area contributed by atoms with Crippen molar-refractivity contribution in [3.8, 4) is 11.5 Å². The van der Waals surface area contributed by atoms with Crippen LogP contribution in [0.15, 0.2) is 24.3 Å². The molecule has 5 nitrogen and oxygen atoms in total. The maximum absolute atomic E-state index is 12.3. The van der Waals surface area contributed by atoms with E-state index in [0.29, 0.717) is 0 Å². The van der Waals surface area contributed by atoms with Crippen molar-refractivity contribution >= 4 is 5.91 Å². The first kappa shape index (κ1) is 18.8. The van der Waals surface area contributed by atoms with Crippen molar-refractivity contribution in [3.63, 3.8) is 0 Å². The summed E-state index contributed by atoms with van der Waals surface area (Å²) in [6, 6.07) is 4.85. The molecule has 136 valence electrons. The standard InChI is InChI=1S/C17H19F3N2O3/c1-4-5-15-11(2)21-22(12(15)3)16(23)10-24-13-6-8-14(9-7-13)25-17(18,19)20/h6-9H,4-5,10H2,1-3H3. The molecule has 0 amide bonds. The number of alkyl halides is 3. The first-order chi connectivity index (χ1) is 11.7. The number of halogens is 3. The summed E-state index contributed by atoms with van der Waals surface area (Å²) in [6.45, 7) is 5.45. The van der Waals surface area contributed by atoms with Gasteiger partial charge >= 0.3 is 6.36 Å². The summed E-state index contributed by atoms with van der Waals surface area (Å²) in [5.41, 5.74) is 2.63. The molecular formula is C17H19F3N2O3. The molecule has 1 aromatic heterocycles. The van der Waals surface area contributed by atoms with E-state index in [9.17, 15) is 18.0 Å². The second-order valence-electron chi connectivity index (χ2n) is 5.51. The van der Waals surface area contributed by atoms with Crippen LogP contribution in [0.2, 0.25) is 0 Å². The van der Waals surface area contributed by atoms with E-state index < -0.39 is 6.36 Å². The number of rotatable bonds is 6. The highest BCUT2D eigenvalue weighted by molar-refractivity contribution is 5.80. The predicted octanol–water partition coefficient (Wildman–Crippen LogP) is 4.07. The van der Waals surface area contributed by atoms with Crippen LogP contribution in [0.4, 0.5) is 13.2 Å². The van der Waals surface area contributed by atoms with Crippen LogP contribution in [0.5, 0.6) is 11.5 Å². The lowest BCUT2D eigenvalue weighted by Gasteiger charge is -2.10. The number of ether oxygens (including phenoxy) is 2. The van der Waals surface area contributed by atoms with Gasteiger partial charge in [-0.2, -0.15) is 5.10 Å². The third kappa shape index (κ3) is 4.98. The average Bonchev–Trinajstić information content (AvgIpc) is 2.81. The monoisotopic (exact) mass is 356 g/mol. The van der Waals surface area contributed by atoms with Gasteiger partial charge in [0, 0.05) is 5.69 Å². The molecule has 1 heterocycles. The van der Waals surface area contributed by atoms with Gasteiger partial charge in [0.2, 0.25) is 0 Å². The van der Waals surface area contributed by atoms with Crippen LogP contribution < -0.4 is 9.47 Å². The molecule has 0 spiro atoms. The van der Waals surface area contributed by atoms with Crippen LogP contribution in [0.25, 0.3) is 0 Å². The summed E-state index contributed by atoms with van der Waals surface area (Å²) >= 11 is 0. The Morgan fingerprint density at radius 2 is 1.76 bits per heavy atom. The molecule has 0 aliphatic carbocycles. The highest BCUT2D eigenvalue weighted by atomic mass is 19.4. The number of carbonyl (C=O) groups excluding carboxylic acids is 1. The van der Waals surface area contributed by atoms with Crippen LogP contribution in [-0.4, -0.2) is 28.7 Å². The first-order valence-corrected chi connectivity index (χ1v) is 7.78. The third-order valence-electron chi connectivity index (χ3n) is 3.60. The molecule has 25 heavy (non-hydrogen) atoms. The lowest BCUT2D eigenvalue weighted by atomic mass is 10.1. The van der Waals surface area contributed by atoms with E-state index in [2.05, 4.69) is 9.84 Å². The molecular weight excluding hydrogens is 337 g/mol. The van der Waals surface area contributed by atoms with Gasteiger partial charge < -0.3 is 9.47 Å². The molecule has 0 fully saturated rings. The summed E-state index contributed by atoms with van der Waals surface area (Å²) in [5.74, 6) is -0.439. The summed E-state index contributed by atoms with van der Waals surface area (Å²) in [7, 11) is 0. The average molecular weight is 356 g/mol. The van der Waals surface area contributed by atoms with E-state index in [1.807, 2.05) is 20.8 Å². The zero-order valence-electron chi connectivity index (χ0n) is 14.2. The fraction of sp³-hybridized carbons (Fsp3) is 0.412. The van der Waals surface area contributed by atoms with Gasteiger partial charge in [0.05, 0.1) is 5.69 Å². The molecule has 2 rings (SSSR count). The van der Waals surface area contributed by atoms with Gasteiger partial charge in [-0.05, 0) is 50.1 Å². The van der Waals surface area contributed by atoms with Crippen molar-refractivity contribution < 1.29 is 27.4 Å². The van der Waals surface area contributed by atoms with E-state index in [4.69, 9.17) is 4.74 Å². The van der Waals surface area contributed by atoms with Gasteiger partial charge in [0.25, 0.3) is 5.91 Å². The van der Waals surface area contributed by atoms with Gasteiger partial charge in [-0.1, -0.05) is 13.3 Å². The van der Waals surface area contributed by atoms with Crippen molar-refractivity contribution in [3.05, 3.63) is 41.2 Å². The topological polar surface area (TPSA) is 53.4 Å². The molecule has 0 saturated carbocycles. The fourth-order valence-electron chi connectivity index (χ4n) is 2.47. The van der Waals surface area contributed by atoms with E-state index in [-0.39, 0.29) is 24.0 Å². The number of nitrogens with zero attached hydrogens (tertiary/aromatic N) is 2. The number of benzene rings is 1. The molecule has 0 unspecified atom stereocenters. The van der Waals surface area contributed by atoms with Crippen molar-refractivity contribution in [1.29, 1.82) is 0 Å². The minimum atomic E-state index is -4.75. The molecule has 0 bridgehead atoms. The minimum Gasteiger partial charge on any atom is -0.484 e. The van der Waals surface area contributed by atoms with E-state index in [1.54, 1.807) is 0 Å². The Kier molecular flexibility index (Phi) is 5.71. The summed E-state index contributed by atoms with van der Waals surface area (Å²) in [5, 5.41) is 4.24. The molecule has 0 atom stereocenters. The minimum absolute atomic E-state index is 0.262. The third-order valence-corrected chi connectivity index (χ3v) is 3.60. The van der Waals surface area contributed by atoms with Crippen LogP contribution in [-0.2, 0) is 6.42 Å². The van der Waals surface area contributed by atoms with Crippen LogP contribution in [0.3, 0.4) is 0 Å². The highest BCUT2D eigenvalue weighted by Crippen LogP contribution is 2.24. The van der Waals surface area contributed by atoms with Crippen LogP contribution in [0.1, 0.15) is 35.1 Å². The van der Waals surface area contributed by atoms with Gasteiger partial charge in [0.1, 0.15) is 11.5 Å². The lowest BCUT2D eigenvalue weighted by Crippen LogP contribution is -2.21. The predicted molar refractivity (Wildman–Crippen MR) is 84.9 cm³/mol. The Morgan fingerprint density at radius 3 is 2.32 bits per heavy atom. The molecule has 1 aromatic carbocycles. The van der Waals surface area contributed by atoms with Crippen LogP contribution >= 0.6 is 0 Å². The van der Waals surface area contributed by atoms with Crippen molar-refractivity contribution in [2.75, 3.05) is 6.61 Å². The Morgan fingerprint density at radius 1 is 1.16 bits per heavy atom. The smallest absolute Gasteiger partial charge is 0.484 e. The Balaban J connectivity index is 1.99. The first-order valence-electron chi connectivity index (χ1n) is 7.78. The molecule has 2 aromatic rings. The normalized spacial score (nSPS) is 11.4. The van der Waals surface area contributed by atoms with Crippen molar-refractivity contribution in [1.82, 2.24) is 9.78 Å². The van der Waals surface area contributed by atoms with Gasteiger partial charge in [0.15, 0.2) is 6.61 Å².